The lowest BCUT2D eigenvalue weighted by molar-refractivity contribution is -0.133. The number of likely N-dealkylation sites (tertiary alicyclic amines) is 2. The van der Waals surface area contributed by atoms with Gasteiger partial charge in [0.15, 0.2) is 0 Å². The highest BCUT2D eigenvalue weighted by molar-refractivity contribution is 5.83. The summed E-state index contributed by atoms with van der Waals surface area (Å²) in [4.78, 5) is 45.9. The molecule has 7 atom stereocenters. The molecule has 7 rings (SSSR count). The van der Waals surface area contributed by atoms with Gasteiger partial charge in [0.05, 0.1) is 42.4 Å². The van der Waals surface area contributed by atoms with Crippen molar-refractivity contribution in [1.82, 2.24) is 29.9 Å². The van der Waals surface area contributed by atoms with E-state index < -0.39 is 11.7 Å². The molecule has 4 aliphatic heterocycles. The van der Waals surface area contributed by atoms with E-state index in [0.717, 1.165) is 127 Å². The standard InChI is InChI=1S/C53H93FN6O4.C18H29N3O.C3H8.2C2H6/c1-13-16-28-58(45-20-19-41(7)43(33-45)21-25-51(9,10)37-64-38-61)29-22-46(59-35-53(14-2,15-3)36-59)48(42(8)57(12)27-18-17-26-55)56-50(62)49(39(4)5)60-34-40(6)32-47(60)52(11,54)44-23-30-63-31-24-44;1-13(2)17-11-16(12-19-18(17)14(3)22-4)21-9-7-20(8-10-21)15-5-6-15;1-3-2;2*1-2/h19-20,33,38-40,44,46-49H,8,13-18,21-32,34-37,55H2,1-7,9-12H3,(H,56,62);11-15H,5-10H2,1-4H3;3H2,1-2H3;2*1-2H3/t40?,46?,47-,48?,49?,52-;;;;/m0..../s1. The molecule has 14 nitrogen and oxygen atoms in total. The number of nitrogens with zero attached hydrogens (tertiary/aromatic N) is 7. The van der Waals surface area contributed by atoms with Gasteiger partial charge >= 0.3 is 0 Å². The topological polar surface area (TPSA) is 132 Å². The van der Waals surface area contributed by atoms with Crippen LogP contribution in [0.15, 0.2) is 42.7 Å². The highest BCUT2D eigenvalue weighted by Gasteiger charge is 2.53. The number of aromatic nitrogens is 1. The number of ether oxygens (including phenoxy) is 3. The van der Waals surface area contributed by atoms with Gasteiger partial charge < -0.3 is 40.0 Å². The van der Waals surface area contributed by atoms with E-state index in [2.05, 4.69) is 163 Å². The molecule has 15 heteroatoms. The number of amides is 1. The van der Waals surface area contributed by atoms with Gasteiger partial charge in [0.2, 0.25) is 5.91 Å². The fourth-order valence-corrected chi connectivity index (χ4v) is 14.4. The minimum atomic E-state index is -1.43. The van der Waals surface area contributed by atoms with E-state index in [-0.39, 0.29) is 58.7 Å². The molecule has 93 heavy (non-hydrogen) atoms. The second-order valence-corrected chi connectivity index (χ2v) is 29.3. The molecular formula is C78H142FN9O5. The van der Waals surface area contributed by atoms with Crippen LogP contribution in [0, 0.1) is 35.5 Å². The lowest BCUT2D eigenvalue weighted by Gasteiger charge is -2.55. The predicted octanol–water partition coefficient (Wildman–Crippen LogP) is 15.8. The fraction of sp³-hybridized carbons (Fsp3) is 0.808. The number of anilines is 2. The molecule has 0 bridgehead atoms. The van der Waals surface area contributed by atoms with Gasteiger partial charge in [0.25, 0.3) is 6.47 Å². The van der Waals surface area contributed by atoms with Crippen molar-refractivity contribution in [3.05, 3.63) is 65.1 Å². The summed E-state index contributed by atoms with van der Waals surface area (Å²) in [5, 5.41) is 3.71. The SMILES string of the molecule is C=C(C(NC(=O)C(C(C)C)N1CC(C)C[C@H]1[C@@](C)(F)C1CCOCC1)C(CCN(CCCC)c1ccc(C)c(CCC(C)(C)COC=O)c1)N1CC(CC)(CC)C1)N(C)CCCCN.CC.CC.CCC.COC(C)c1ncc(N2CCN(C3CC3)CC2)cc1C(C)C. The van der Waals surface area contributed by atoms with Gasteiger partial charge in [-0.25, -0.2) is 4.39 Å². The number of pyridine rings is 1. The first-order valence-corrected chi connectivity index (χ1v) is 37.5. The van der Waals surface area contributed by atoms with Crippen LogP contribution in [0.3, 0.4) is 0 Å². The maximum atomic E-state index is 17.4. The zero-order valence-corrected chi connectivity index (χ0v) is 63.6. The Morgan fingerprint density at radius 3 is 2.11 bits per heavy atom. The van der Waals surface area contributed by atoms with Crippen LogP contribution in [0.25, 0.3) is 0 Å². The molecule has 4 saturated heterocycles. The Morgan fingerprint density at radius 1 is 0.925 bits per heavy atom. The Kier molecular flexibility index (Phi) is 37.7. The molecular weight excluding hydrogens is 1160 g/mol. The number of rotatable bonds is 34. The number of halogens is 1. The van der Waals surface area contributed by atoms with E-state index in [1.807, 2.05) is 33.9 Å². The van der Waals surface area contributed by atoms with Crippen molar-refractivity contribution in [2.45, 2.75) is 276 Å². The number of likely N-dealkylation sites (N-methyl/N-ethyl adjacent to an activating group) is 1. The smallest absolute Gasteiger partial charge is 0.293 e. The quantitative estimate of drug-likeness (QED) is 0.0509. The summed E-state index contributed by atoms with van der Waals surface area (Å²) in [7, 11) is 3.86. The summed E-state index contributed by atoms with van der Waals surface area (Å²) in [6.45, 7) is 57.9. The Hall–Kier alpha value is -3.86. The highest BCUT2D eigenvalue weighted by atomic mass is 19.1. The molecule has 5 heterocycles. The number of benzene rings is 1. The number of piperazine rings is 1. The van der Waals surface area contributed by atoms with Crippen LogP contribution in [0.5, 0.6) is 0 Å². The highest BCUT2D eigenvalue weighted by Crippen LogP contribution is 2.44. The Morgan fingerprint density at radius 2 is 1.56 bits per heavy atom. The van der Waals surface area contributed by atoms with Crippen molar-refractivity contribution in [2.24, 2.45) is 34.3 Å². The van der Waals surface area contributed by atoms with Crippen LogP contribution in [0.2, 0.25) is 0 Å². The number of carbonyl (C=O) groups excluding carboxylic acids is 2. The zero-order valence-electron chi connectivity index (χ0n) is 63.6. The van der Waals surface area contributed by atoms with Crippen LogP contribution in [0.1, 0.15) is 249 Å². The van der Waals surface area contributed by atoms with Gasteiger partial charge in [-0.1, -0.05) is 136 Å². The molecule has 1 amide bonds. The van der Waals surface area contributed by atoms with E-state index in [1.165, 1.54) is 60.4 Å². The molecule has 0 spiro atoms. The summed E-state index contributed by atoms with van der Waals surface area (Å²) >= 11 is 0. The van der Waals surface area contributed by atoms with E-state index in [4.69, 9.17) is 31.5 Å². The van der Waals surface area contributed by atoms with Crippen molar-refractivity contribution in [3.63, 3.8) is 0 Å². The second kappa shape index (κ2) is 42.1. The molecule has 5 unspecified atom stereocenters. The minimum Gasteiger partial charge on any atom is -0.467 e. The van der Waals surface area contributed by atoms with E-state index in [9.17, 15) is 4.79 Å². The van der Waals surface area contributed by atoms with Crippen molar-refractivity contribution in [2.75, 3.05) is 116 Å². The molecule has 0 radical (unpaired) electrons. The molecule has 1 aromatic heterocycles. The van der Waals surface area contributed by atoms with Crippen molar-refractivity contribution in [3.8, 4) is 0 Å². The summed E-state index contributed by atoms with van der Waals surface area (Å²) in [5.41, 5.74) is 13.1. The first-order valence-electron chi connectivity index (χ1n) is 37.5. The molecule has 2 aromatic rings. The summed E-state index contributed by atoms with van der Waals surface area (Å²) in [6, 6.07) is 8.96. The van der Waals surface area contributed by atoms with Gasteiger partial charge in [-0.3, -0.25) is 29.3 Å². The molecule has 5 aliphatic rings. The number of methoxy groups -OCH3 is 1. The van der Waals surface area contributed by atoms with E-state index in [0.29, 0.717) is 58.1 Å². The average Bonchev–Trinajstić information content (AvgIpc) is 1.68. The Labute approximate surface area is 570 Å². The predicted molar refractivity (Wildman–Crippen MR) is 393 cm³/mol. The Bertz CT molecular complexity index is 2390. The van der Waals surface area contributed by atoms with Crippen LogP contribution >= 0.6 is 0 Å². The van der Waals surface area contributed by atoms with Gasteiger partial charge in [0, 0.05) is 122 Å². The van der Waals surface area contributed by atoms with Crippen LogP contribution < -0.4 is 20.9 Å². The van der Waals surface area contributed by atoms with Crippen LogP contribution in [0.4, 0.5) is 15.8 Å². The number of carbonyl (C=O) groups is 2. The summed E-state index contributed by atoms with van der Waals surface area (Å²) in [5.74, 6) is 0.625. The molecule has 3 N–H and O–H groups in total. The van der Waals surface area contributed by atoms with Gasteiger partial charge in [0.1, 0.15) is 5.67 Å². The first-order chi connectivity index (χ1) is 44.4. The number of aryl methyl sites for hydroxylation is 2. The lowest BCUT2D eigenvalue weighted by Crippen LogP contribution is -2.67. The van der Waals surface area contributed by atoms with E-state index >= 15 is 9.18 Å². The average molecular weight is 1310 g/mol. The largest absolute Gasteiger partial charge is 0.467 e. The number of unbranched alkanes of at least 4 members (excludes halogenated alkanes) is 2. The second-order valence-electron chi connectivity index (χ2n) is 29.3. The summed E-state index contributed by atoms with van der Waals surface area (Å²) in [6.07, 6.45) is 17.2. The molecule has 536 valence electrons. The van der Waals surface area contributed by atoms with E-state index in [1.54, 1.807) is 14.0 Å². The van der Waals surface area contributed by atoms with Crippen molar-refractivity contribution >= 4 is 23.8 Å². The molecule has 1 aromatic carbocycles. The number of nitrogens with one attached hydrogen (secondary N) is 1. The maximum absolute atomic E-state index is 17.4. The number of hydrogen-bond donors (Lipinski definition) is 2. The minimum absolute atomic E-state index is 0.00193. The Balaban J connectivity index is 0.000000639. The number of alkyl halides is 1. The van der Waals surface area contributed by atoms with Crippen LogP contribution in [-0.4, -0.2) is 179 Å². The third-order valence-corrected chi connectivity index (χ3v) is 20.8. The molecule has 1 saturated carbocycles. The maximum Gasteiger partial charge on any atom is 0.293 e. The zero-order chi connectivity index (χ0) is 69.6. The summed E-state index contributed by atoms with van der Waals surface area (Å²) < 4.78 is 33.7. The third kappa shape index (κ3) is 24.9. The van der Waals surface area contributed by atoms with Gasteiger partial charge in [-0.15, -0.1) is 0 Å². The first kappa shape index (κ1) is 83.4. The number of hydrogen-bond acceptors (Lipinski definition) is 13. The monoisotopic (exact) mass is 1300 g/mol. The number of nitrogens with two attached hydrogens (primary N) is 1. The fourth-order valence-electron chi connectivity index (χ4n) is 14.4. The van der Waals surface area contributed by atoms with Crippen molar-refractivity contribution in [1.29, 1.82) is 0 Å². The van der Waals surface area contributed by atoms with Gasteiger partial charge in [-0.2, -0.15) is 0 Å². The van der Waals surface area contributed by atoms with Crippen LogP contribution in [-0.2, 0) is 30.2 Å². The third-order valence-electron chi connectivity index (χ3n) is 20.8. The normalized spacial score (nSPS) is 20.5. The lowest BCUT2D eigenvalue weighted by atomic mass is 9.73. The molecule has 1 aliphatic carbocycles. The molecule has 5 fully saturated rings. The van der Waals surface area contributed by atoms with Gasteiger partial charge in [-0.05, 0) is 180 Å². The van der Waals surface area contributed by atoms with Crippen molar-refractivity contribution < 1.29 is 28.2 Å².